The molecule has 106 valence electrons. The highest BCUT2D eigenvalue weighted by Gasteiger charge is 2.21. The summed E-state index contributed by atoms with van der Waals surface area (Å²) in [5.41, 5.74) is 1.33. The normalized spacial score (nSPS) is 20.8. The topological polar surface area (TPSA) is 24.5 Å². The van der Waals surface area contributed by atoms with Gasteiger partial charge < -0.3 is 10.1 Å². The number of benzene rings is 1. The summed E-state index contributed by atoms with van der Waals surface area (Å²) in [7, 11) is 1.70. The Morgan fingerprint density at radius 1 is 1.47 bits per heavy atom. The van der Waals surface area contributed by atoms with Crippen LogP contribution in [0.3, 0.4) is 0 Å². The van der Waals surface area contributed by atoms with E-state index in [1.54, 1.807) is 7.11 Å². The van der Waals surface area contributed by atoms with E-state index in [0.29, 0.717) is 12.0 Å². The standard InChI is InChI=1S/C15H23BrN2O/c1-11(2)14-10-18(7-6-17-14)9-12-4-5-15(19-3)13(16)8-12/h4-5,8,11,14,17H,6-7,9-10H2,1-3H3. The van der Waals surface area contributed by atoms with Crippen LogP contribution in [0.15, 0.2) is 22.7 Å². The van der Waals surface area contributed by atoms with Crippen LogP contribution in [0.4, 0.5) is 0 Å². The van der Waals surface area contributed by atoms with Crippen LogP contribution >= 0.6 is 15.9 Å². The molecule has 0 saturated carbocycles. The van der Waals surface area contributed by atoms with Crippen LogP contribution in [-0.4, -0.2) is 37.7 Å². The van der Waals surface area contributed by atoms with Gasteiger partial charge in [0.05, 0.1) is 11.6 Å². The number of hydrogen-bond acceptors (Lipinski definition) is 3. The molecule has 0 amide bonds. The molecule has 1 N–H and O–H groups in total. The van der Waals surface area contributed by atoms with Gasteiger partial charge in [0.25, 0.3) is 0 Å². The van der Waals surface area contributed by atoms with Gasteiger partial charge in [-0.2, -0.15) is 0 Å². The average molecular weight is 327 g/mol. The fourth-order valence-electron chi connectivity index (χ4n) is 2.50. The SMILES string of the molecule is COc1ccc(CN2CCNC(C(C)C)C2)cc1Br. The van der Waals surface area contributed by atoms with Crippen LogP contribution in [0.25, 0.3) is 0 Å². The largest absolute Gasteiger partial charge is 0.496 e. The predicted octanol–water partition coefficient (Wildman–Crippen LogP) is 2.89. The van der Waals surface area contributed by atoms with E-state index in [1.165, 1.54) is 5.56 Å². The molecule has 0 aliphatic carbocycles. The molecule has 1 atom stereocenters. The third-order valence-electron chi connectivity index (χ3n) is 3.72. The third kappa shape index (κ3) is 3.94. The molecule has 1 aliphatic heterocycles. The Balaban J connectivity index is 1.98. The fourth-order valence-corrected chi connectivity index (χ4v) is 3.09. The van der Waals surface area contributed by atoms with Crippen molar-refractivity contribution in [1.82, 2.24) is 10.2 Å². The highest BCUT2D eigenvalue weighted by atomic mass is 79.9. The summed E-state index contributed by atoms with van der Waals surface area (Å²) >= 11 is 3.55. The number of piperazine rings is 1. The molecular weight excluding hydrogens is 304 g/mol. The molecule has 3 nitrogen and oxygen atoms in total. The first-order chi connectivity index (χ1) is 9.10. The summed E-state index contributed by atoms with van der Waals surface area (Å²) < 4.78 is 6.30. The van der Waals surface area contributed by atoms with E-state index >= 15 is 0 Å². The van der Waals surface area contributed by atoms with Crippen LogP contribution in [0, 0.1) is 5.92 Å². The lowest BCUT2D eigenvalue weighted by atomic mass is 10.0. The lowest BCUT2D eigenvalue weighted by molar-refractivity contribution is 0.168. The number of nitrogens with zero attached hydrogens (tertiary/aromatic N) is 1. The smallest absolute Gasteiger partial charge is 0.133 e. The van der Waals surface area contributed by atoms with Crippen molar-refractivity contribution < 1.29 is 4.74 Å². The summed E-state index contributed by atoms with van der Waals surface area (Å²) in [6, 6.07) is 6.94. The fraction of sp³-hybridized carbons (Fsp3) is 0.600. The van der Waals surface area contributed by atoms with Crippen LogP contribution in [0.1, 0.15) is 19.4 Å². The van der Waals surface area contributed by atoms with Gasteiger partial charge in [-0.3, -0.25) is 4.90 Å². The highest BCUT2D eigenvalue weighted by molar-refractivity contribution is 9.10. The molecule has 1 aromatic carbocycles. The number of methoxy groups -OCH3 is 1. The van der Waals surface area contributed by atoms with Crippen LogP contribution in [-0.2, 0) is 6.54 Å². The molecule has 0 aromatic heterocycles. The van der Waals surface area contributed by atoms with E-state index in [4.69, 9.17) is 4.74 Å². The van der Waals surface area contributed by atoms with Crippen molar-refractivity contribution in [3.63, 3.8) is 0 Å². The van der Waals surface area contributed by atoms with Crippen molar-refractivity contribution in [2.45, 2.75) is 26.4 Å². The summed E-state index contributed by atoms with van der Waals surface area (Å²) in [4.78, 5) is 2.52. The molecule has 1 aromatic rings. The van der Waals surface area contributed by atoms with Gasteiger partial charge in [-0.05, 0) is 39.5 Å². The van der Waals surface area contributed by atoms with E-state index in [-0.39, 0.29) is 0 Å². The van der Waals surface area contributed by atoms with Crippen LogP contribution < -0.4 is 10.1 Å². The Kier molecular flexibility index (Phi) is 5.25. The maximum atomic E-state index is 5.27. The number of ether oxygens (including phenoxy) is 1. The van der Waals surface area contributed by atoms with Crippen molar-refractivity contribution in [3.05, 3.63) is 28.2 Å². The summed E-state index contributed by atoms with van der Waals surface area (Å²) in [5.74, 6) is 1.58. The van der Waals surface area contributed by atoms with Gasteiger partial charge >= 0.3 is 0 Å². The monoisotopic (exact) mass is 326 g/mol. The summed E-state index contributed by atoms with van der Waals surface area (Å²) in [5, 5.41) is 3.59. The molecule has 1 fully saturated rings. The quantitative estimate of drug-likeness (QED) is 0.920. The van der Waals surface area contributed by atoms with E-state index < -0.39 is 0 Å². The van der Waals surface area contributed by atoms with E-state index in [2.05, 4.69) is 52.1 Å². The van der Waals surface area contributed by atoms with E-state index in [1.807, 2.05) is 6.07 Å². The van der Waals surface area contributed by atoms with Crippen molar-refractivity contribution in [1.29, 1.82) is 0 Å². The van der Waals surface area contributed by atoms with Gasteiger partial charge in [0.1, 0.15) is 5.75 Å². The van der Waals surface area contributed by atoms with Crippen LogP contribution in [0.5, 0.6) is 5.75 Å². The summed E-state index contributed by atoms with van der Waals surface area (Å²) in [6.45, 7) is 8.90. The Morgan fingerprint density at radius 3 is 2.89 bits per heavy atom. The lowest BCUT2D eigenvalue weighted by Gasteiger charge is -2.35. The molecule has 0 spiro atoms. The maximum absolute atomic E-state index is 5.27. The van der Waals surface area contributed by atoms with Gasteiger partial charge in [0, 0.05) is 32.2 Å². The predicted molar refractivity (Wildman–Crippen MR) is 82.6 cm³/mol. The molecule has 4 heteroatoms. The lowest BCUT2D eigenvalue weighted by Crippen LogP contribution is -2.52. The summed E-state index contributed by atoms with van der Waals surface area (Å²) in [6.07, 6.45) is 0. The Morgan fingerprint density at radius 2 is 2.26 bits per heavy atom. The molecular formula is C15H23BrN2O. The highest BCUT2D eigenvalue weighted by Crippen LogP contribution is 2.26. The van der Waals surface area contributed by atoms with Crippen molar-refractivity contribution in [3.8, 4) is 5.75 Å². The molecule has 1 unspecified atom stereocenters. The number of halogens is 1. The second-order valence-corrected chi connectivity index (χ2v) is 6.36. The van der Waals surface area contributed by atoms with Gasteiger partial charge in [-0.1, -0.05) is 19.9 Å². The molecule has 1 saturated heterocycles. The zero-order valence-electron chi connectivity index (χ0n) is 11.9. The second-order valence-electron chi connectivity index (χ2n) is 5.51. The first-order valence-corrected chi connectivity index (χ1v) is 7.67. The van der Waals surface area contributed by atoms with E-state index in [9.17, 15) is 0 Å². The van der Waals surface area contributed by atoms with Crippen molar-refractivity contribution in [2.75, 3.05) is 26.7 Å². The third-order valence-corrected chi connectivity index (χ3v) is 4.34. The molecule has 1 heterocycles. The van der Waals surface area contributed by atoms with Crippen molar-refractivity contribution >= 4 is 15.9 Å². The number of nitrogens with one attached hydrogen (secondary N) is 1. The number of hydrogen-bond donors (Lipinski definition) is 1. The van der Waals surface area contributed by atoms with Gasteiger partial charge in [0.2, 0.25) is 0 Å². The van der Waals surface area contributed by atoms with Gasteiger partial charge in [-0.15, -0.1) is 0 Å². The molecule has 0 radical (unpaired) electrons. The average Bonchev–Trinajstić information content (AvgIpc) is 2.39. The Labute approximate surface area is 124 Å². The molecule has 19 heavy (non-hydrogen) atoms. The minimum absolute atomic E-state index is 0.607. The van der Waals surface area contributed by atoms with E-state index in [0.717, 1.165) is 36.4 Å². The Bertz CT molecular complexity index is 423. The minimum Gasteiger partial charge on any atom is -0.496 e. The first kappa shape index (κ1) is 14.8. The molecule has 2 rings (SSSR count). The molecule has 0 bridgehead atoms. The first-order valence-electron chi connectivity index (χ1n) is 6.88. The minimum atomic E-state index is 0.607. The number of rotatable bonds is 4. The van der Waals surface area contributed by atoms with Crippen LogP contribution in [0.2, 0.25) is 0 Å². The van der Waals surface area contributed by atoms with Gasteiger partial charge in [-0.25, -0.2) is 0 Å². The van der Waals surface area contributed by atoms with Crippen molar-refractivity contribution in [2.24, 2.45) is 5.92 Å². The Hall–Kier alpha value is -0.580. The second kappa shape index (κ2) is 6.73. The maximum Gasteiger partial charge on any atom is 0.133 e. The van der Waals surface area contributed by atoms with Gasteiger partial charge in [0.15, 0.2) is 0 Å². The zero-order chi connectivity index (χ0) is 13.8. The zero-order valence-corrected chi connectivity index (χ0v) is 13.5. The molecule has 1 aliphatic rings.